The number of nitrogens with one attached hydrogen (secondary N) is 1. The lowest BCUT2D eigenvalue weighted by Gasteiger charge is -2.34. The highest BCUT2D eigenvalue weighted by molar-refractivity contribution is 7.89. The van der Waals surface area contributed by atoms with Gasteiger partial charge in [-0.25, -0.2) is 17.5 Å². The molecule has 2 aliphatic rings. The number of alkyl halides is 3. The van der Waals surface area contributed by atoms with Gasteiger partial charge in [0.1, 0.15) is 29.3 Å². The summed E-state index contributed by atoms with van der Waals surface area (Å²) in [6.07, 6.45) is -4.39. The van der Waals surface area contributed by atoms with Crippen molar-refractivity contribution in [3.63, 3.8) is 0 Å². The van der Waals surface area contributed by atoms with E-state index in [1.165, 1.54) is 10.4 Å². The molecule has 0 aliphatic carbocycles. The van der Waals surface area contributed by atoms with Crippen LogP contribution in [0.15, 0.2) is 41.4 Å². The summed E-state index contributed by atoms with van der Waals surface area (Å²) in [4.78, 5) is 35.9. The van der Waals surface area contributed by atoms with Gasteiger partial charge in [0, 0.05) is 32.2 Å². The van der Waals surface area contributed by atoms with E-state index in [1.807, 2.05) is 27.8 Å². The molecule has 1 N–H and O–H groups in total. The Morgan fingerprint density at radius 2 is 1.57 bits per heavy atom. The number of likely N-dealkylation sites (N-methyl/N-ethyl adjacent to an activating group) is 1. The minimum absolute atomic E-state index is 0.00769. The first-order valence-corrected chi connectivity index (χ1v) is 20.2. The standard InChI is InChI=1S/C39H55F3N4O9S/c1-27-23-29(34(47)54-36(2,3)4)10-9-28(27)11-22-56(49,50)46-14-12-38(13-15-46)35(48)43-33(44-38)30-24-31(39(40,41)42)26-32(25-30)53-21-20-52-19-18-51-17-16-45(8)55-37(5,6)7/h9-10,23-26H,11-22H2,1-8H3,(H,43,44,48). The van der Waals surface area contributed by atoms with Crippen LogP contribution in [0.2, 0.25) is 0 Å². The average molecular weight is 813 g/mol. The molecule has 0 radical (unpaired) electrons. The van der Waals surface area contributed by atoms with Gasteiger partial charge < -0.3 is 24.3 Å². The Kier molecular flexibility index (Phi) is 14.8. The fraction of sp³-hybridized carbons (Fsp3) is 0.615. The van der Waals surface area contributed by atoms with E-state index < -0.39 is 44.8 Å². The third-order valence-electron chi connectivity index (χ3n) is 8.89. The number of hydroxylamine groups is 2. The van der Waals surface area contributed by atoms with E-state index in [4.69, 9.17) is 23.8 Å². The van der Waals surface area contributed by atoms with E-state index in [0.29, 0.717) is 25.3 Å². The van der Waals surface area contributed by atoms with E-state index in [-0.39, 0.29) is 80.7 Å². The maximum absolute atomic E-state index is 13.9. The van der Waals surface area contributed by atoms with Crippen molar-refractivity contribution >= 4 is 27.7 Å². The number of hydrogen-bond acceptors (Lipinski definition) is 11. The number of nitrogens with zero attached hydrogens (tertiary/aromatic N) is 3. The van der Waals surface area contributed by atoms with Gasteiger partial charge in [0.15, 0.2) is 0 Å². The highest BCUT2D eigenvalue weighted by Crippen LogP contribution is 2.36. The second-order valence-corrected chi connectivity index (χ2v) is 18.0. The van der Waals surface area contributed by atoms with Crippen LogP contribution in [0.25, 0.3) is 0 Å². The minimum Gasteiger partial charge on any atom is -0.491 e. The van der Waals surface area contributed by atoms with Gasteiger partial charge in [0.05, 0.1) is 48.9 Å². The number of ether oxygens (including phenoxy) is 4. The second kappa shape index (κ2) is 18.3. The first kappa shape index (κ1) is 45.1. The van der Waals surface area contributed by atoms with Gasteiger partial charge in [-0.15, -0.1) is 0 Å². The van der Waals surface area contributed by atoms with E-state index >= 15 is 0 Å². The Labute approximate surface area is 327 Å². The number of rotatable bonds is 17. The first-order chi connectivity index (χ1) is 26.0. The Balaban J connectivity index is 1.31. The molecule has 0 aromatic heterocycles. The zero-order chi connectivity index (χ0) is 41.5. The molecule has 0 unspecified atom stereocenters. The molecule has 0 saturated carbocycles. The van der Waals surface area contributed by atoms with Gasteiger partial charge in [-0.2, -0.15) is 18.2 Å². The molecular weight excluding hydrogens is 758 g/mol. The van der Waals surface area contributed by atoms with Crippen LogP contribution in [0, 0.1) is 6.92 Å². The Hall–Kier alpha value is -3.61. The van der Waals surface area contributed by atoms with Crippen molar-refractivity contribution < 1.29 is 55.0 Å². The number of amidine groups is 1. The topological polar surface area (TPSA) is 145 Å². The molecule has 2 aliphatic heterocycles. The zero-order valence-electron chi connectivity index (χ0n) is 33.5. The number of carbonyl (C=O) groups excluding carboxylic acids is 2. The molecule has 1 amide bonds. The van der Waals surface area contributed by atoms with Crippen molar-refractivity contribution in [2.75, 3.05) is 65.5 Å². The third kappa shape index (κ3) is 13.2. The summed E-state index contributed by atoms with van der Waals surface area (Å²) in [5.74, 6) is -1.28. The molecule has 17 heteroatoms. The van der Waals surface area contributed by atoms with Crippen molar-refractivity contribution in [3.8, 4) is 5.75 Å². The first-order valence-electron chi connectivity index (χ1n) is 18.6. The SMILES string of the molecule is Cc1cc(C(=O)OC(C)(C)C)ccc1CCS(=O)(=O)N1CCC2(CC1)N=C(c1cc(OCCOCCOCCN(C)OC(C)(C)C)cc(C(F)(F)F)c1)NC2=O. The van der Waals surface area contributed by atoms with Crippen LogP contribution in [0.1, 0.15) is 87.0 Å². The van der Waals surface area contributed by atoms with Gasteiger partial charge in [0.2, 0.25) is 10.0 Å². The molecule has 312 valence electrons. The largest absolute Gasteiger partial charge is 0.491 e. The molecule has 2 aromatic carbocycles. The summed E-state index contributed by atoms with van der Waals surface area (Å²) < 4.78 is 91.9. The molecule has 56 heavy (non-hydrogen) atoms. The number of sulfonamides is 1. The molecule has 0 atom stereocenters. The predicted octanol–water partition coefficient (Wildman–Crippen LogP) is 5.33. The number of esters is 1. The molecule has 1 saturated heterocycles. The Bertz CT molecular complexity index is 1830. The van der Waals surface area contributed by atoms with Crippen molar-refractivity contribution in [1.82, 2.24) is 14.7 Å². The van der Waals surface area contributed by atoms with Gasteiger partial charge in [-0.3, -0.25) is 14.6 Å². The molecule has 2 aromatic rings. The molecule has 2 heterocycles. The lowest BCUT2D eigenvalue weighted by Crippen LogP contribution is -2.50. The summed E-state index contributed by atoms with van der Waals surface area (Å²) in [5, 5.41) is 4.32. The Morgan fingerprint density at radius 1 is 0.929 bits per heavy atom. The minimum atomic E-state index is -4.70. The number of halogens is 3. The van der Waals surface area contributed by atoms with Crippen molar-refractivity contribution in [2.45, 2.75) is 90.6 Å². The number of amides is 1. The van der Waals surface area contributed by atoms with Crippen LogP contribution in [-0.2, 0) is 46.5 Å². The lowest BCUT2D eigenvalue weighted by molar-refractivity contribution is -0.218. The zero-order valence-corrected chi connectivity index (χ0v) is 34.3. The highest BCUT2D eigenvalue weighted by atomic mass is 32.2. The van der Waals surface area contributed by atoms with E-state index in [9.17, 15) is 31.2 Å². The van der Waals surface area contributed by atoms with E-state index in [1.54, 1.807) is 51.0 Å². The van der Waals surface area contributed by atoms with Crippen molar-refractivity contribution in [2.24, 2.45) is 4.99 Å². The fourth-order valence-electron chi connectivity index (χ4n) is 6.16. The van der Waals surface area contributed by atoms with Crippen LogP contribution < -0.4 is 10.1 Å². The van der Waals surface area contributed by atoms with Gasteiger partial charge in [0.25, 0.3) is 5.91 Å². The monoisotopic (exact) mass is 812 g/mol. The maximum Gasteiger partial charge on any atom is 0.416 e. The summed E-state index contributed by atoms with van der Waals surface area (Å²) >= 11 is 0. The van der Waals surface area contributed by atoms with Crippen LogP contribution in [0.4, 0.5) is 13.2 Å². The van der Waals surface area contributed by atoms with Crippen LogP contribution in [0.5, 0.6) is 5.75 Å². The number of hydrogen-bond donors (Lipinski definition) is 1. The quantitative estimate of drug-likeness (QED) is 0.127. The normalized spacial score (nSPS) is 16.6. The van der Waals surface area contributed by atoms with Gasteiger partial charge in [-0.05, 0) is 109 Å². The molecule has 1 fully saturated rings. The molecule has 1 spiro atoms. The highest BCUT2D eigenvalue weighted by Gasteiger charge is 2.48. The summed E-state index contributed by atoms with van der Waals surface area (Å²) in [6.45, 7) is 14.6. The molecule has 13 nitrogen and oxygen atoms in total. The summed E-state index contributed by atoms with van der Waals surface area (Å²) in [7, 11) is -1.92. The van der Waals surface area contributed by atoms with Crippen LogP contribution in [-0.4, -0.2) is 118 Å². The number of benzene rings is 2. The average Bonchev–Trinajstić information content (AvgIpc) is 3.39. The van der Waals surface area contributed by atoms with Crippen molar-refractivity contribution in [1.29, 1.82) is 0 Å². The van der Waals surface area contributed by atoms with E-state index in [0.717, 1.165) is 23.3 Å². The number of piperidine rings is 1. The van der Waals surface area contributed by atoms with Gasteiger partial charge >= 0.3 is 12.1 Å². The second-order valence-electron chi connectivity index (χ2n) is 15.9. The third-order valence-corrected chi connectivity index (χ3v) is 10.8. The lowest BCUT2D eigenvalue weighted by atomic mass is 9.89. The number of carbonyl (C=O) groups is 2. The maximum atomic E-state index is 13.9. The fourth-order valence-corrected chi connectivity index (χ4v) is 7.64. The smallest absolute Gasteiger partial charge is 0.416 e. The van der Waals surface area contributed by atoms with Crippen molar-refractivity contribution in [3.05, 3.63) is 64.2 Å². The molecular formula is C39H55F3N4O9S. The summed E-state index contributed by atoms with van der Waals surface area (Å²) in [5.41, 5.74) is -1.36. The molecule has 0 bridgehead atoms. The Morgan fingerprint density at radius 3 is 2.18 bits per heavy atom. The number of aliphatic imine (C=N–C) groups is 1. The number of aryl methyl sites for hydroxylation is 2. The summed E-state index contributed by atoms with van der Waals surface area (Å²) in [6, 6.07) is 8.14. The van der Waals surface area contributed by atoms with Crippen LogP contribution >= 0.6 is 0 Å². The van der Waals surface area contributed by atoms with Crippen LogP contribution in [0.3, 0.4) is 0 Å². The van der Waals surface area contributed by atoms with Gasteiger partial charge in [-0.1, -0.05) is 6.07 Å². The predicted molar refractivity (Wildman–Crippen MR) is 204 cm³/mol. The molecule has 4 rings (SSSR count). The van der Waals surface area contributed by atoms with E-state index in [2.05, 4.69) is 10.3 Å².